The third-order valence-electron chi connectivity index (χ3n) is 5.21. The zero-order valence-electron chi connectivity index (χ0n) is 13.6. The minimum absolute atomic E-state index is 0.00323. The molecule has 1 aromatic rings. The summed E-state index contributed by atoms with van der Waals surface area (Å²) < 4.78 is 5.58. The molecular weight excluding hydrogens is 290 g/mol. The predicted molar refractivity (Wildman–Crippen MR) is 88.6 cm³/mol. The van der Waals surface area contributed by atoms with Crippen LogP contribution < -0.4 is 5.32 Å². The van der Waals surface area contributed by atoms with Gasteiger partial charge in [0, 0.05) is 12.2 Å². The molecule has 2 heterocycles. The molecule has 0 bridgehead atoms. The lowest BCUT2D eigenvalue weighted by Gasteiger charge is -2.35. The van der Waals surface area contributed by atoms with Crippen LogP contribution in [0.4, 0.5) is 10.5 Å². The van der Waals surface area contributed by atoms with E-state index in [-0.39, 0.29) is 12.1 Å². The highest BCUT2D eigenvalue weighted by Gasteiger charge is 2.33. The molecule has 0 radical (unpaired) electrons. The fraction of sp³-hybridized carbons (Fsp3) is 0.667. The van der Waals surface area contributed by atoms with Gasteiger partial charge in [-0.1, -0.05) is 12.8 Å². The Balaban J connectivity index is 1.43. The Hall–Kier alpha value is -1.62. The molecule has 0 spiro atoms. The summed E-state index contributed by atoms with van der Waals surface area (Å²) in [5.74, 6) is 0.794. The molecular formula is C18H25N3O2. The van der Waals surface area contributed by atoms with Crippen LogP contribution in [0.1, 0.15) is 43.4 Å². The Morgan fingerprint density at radius 1 is 1.35 bits per heavy atom. The molecule has 1 N–H and O–H groups in total. The van der Waals surface area contributed by atoms with E-state index < -0.39 is 0 Å². The first-order valence-electron chi connectivity index (χ1n) is 8.93. The normalized spacial score (nSPS) is 24.2. The number of urea groups is 1. The number of fused-ring (bicyclic) bond motifs is 1. The van der Waals surface area contributed by atoms with E-state index in [0.29, 0.717) is 19.8 Å². The maximum absolute atomic E-state index is 12.7. The van der Waals surface area contributed by atoms with Crippen LogP contribution >= 0.6 is 0 Å². The minimum atomic E-state index is -0.00323. The van der Waals surface area contributed by atoms with Gasteiger partial charge >= 0.3 is 6.03 Å². The number of aromatic nitrogens is 1. The van der Waals surface area contributed by atoms with Crippen LogP contribution in [0.15, 0.2) is 12.3 Å². The highest BCUT2D eigenvalue weighted by atomic mass is 16.5. The molecule has 2 aliphatic carbocycles. The van der Waals surface area contributed by atoms with Crippen molar-refractivity contribution in [3.05, 3.63) is 23.5 Å². The molecule has 23 heavy (non-hydrogen) atoms. The molecule has 2 fully saturated rings. The van der Waals surface area contributed by atoms with Gasteiger partial charge in [-0.15, -0.1) is 0 Å². The van der Waals surface area contributed by atoms with E-state index in [0.717, 1.165) is 30.9 Å². The molecule has 5 heteroatoms. The first-order valence-corrected chi connectivity index (χ1v) is 8.93. The standard InChI is InChI=1S/C18H25N3O2/c22-18(21-7-8-23-12-16(21)9-13-5-6-13)20-15-10-14-3-1-2-4-17(14)19-11-15/h10-11,13,16H,1-9,12H2,(H,20,22). The smallest absolute Gasteiger partial charge is 0.322 e. The molecule has 1 saturated carbocycles. The molecule has 5 nitrogen and oxygen atoms in total. The van der Waals surface area contributed by atoms with Crippen molar-refractivity contribution in [2.45, 2.75) is 51.0 Å². The average Bonchev–Trinajstić information content (AvgIpc) is 3.39. The number of aryl methyl sites for hydroxylation is 2. The van der Waals surface area contributed by atoms with Gasteiger partial charge in [-0.25, -0.2) is 4.79 Å². The Labute approximate surface area is 137 Å². The molecule has 4 rings (SSSR count). The van der Waals surface area contributed by atoms with E-state index in [1.165, 1.54) is 36.9 Å². The van der Waals surface area contributed by atoms with Crippen LogP contribution in [0, 0.1) is 5.92 Å². The van der Waals surface area contributed by atoms with Crippen molar-refractivity contribution in [1.82, 2.24) is 9.88 Å². The largest absolute Gasteiger partial charge is 0.377 e. The van der Waals surface area contributed by atoms with Crippen molar-refractivity contribution in [2.75, 3.05) is 25.1 Å². The third kappa shape index (κ3) is 3.50. The topological polar surface area (TPSA) is 54.5 Å². The van der Waals surface area contributed by atoms with Crippen molar-refractivity contribution in [1.29, 1.82) is 0 Å². The van der Waals surface area contributed by atoms with Crippen molar-refractivity contribution in [3.8, 4) is 0 Å². The molecule has 0 aromatic carbocycles. The Kier molecular flexibility index (Phi) is 4.21. The van der Waals surface area contributed by atoms with Gasteiger partial charge in [0.15, 0.2) is 0 Å². The van der Waals surface area contributed by atoms with Crippen LogP contribution in [0.25, 0.3) is 0 Å². The van der Waals surface area contributed by atoms with Crippen LogP contribution in [-0.2, 0) is 17.6 Å². The highest BCUT2D eigenvalue weighted by Crippen LogP contribution is 2.35. The second kappa shape index (κ2) is 6.48. The molecule has 124 valence electrons. The number of nitrogens with one attached hydrogen (secondary N) is 1. The zero-order valence-corrected chi connectivity index (χ0v) is 13.6. The summed E-state index contributed by atoms with van der Waals surface area (Å²) in [6.07, 6.45) is 10.1. The van der Waals surface area contributed by atoms with Crippen molar-refractivity contribution in [2.24, 2.45) is 5.92 Å². The average molecular weight is 315 g/mol. The van der Waals surface area contributed by atoms with Gasteiger partial charge < -0.3 is 15.0 Å². The third-order valence-corrected chi connectivity index (χ3v) is 5.21. The van der Waals surface area contributed by atoms with Crippen molar-refractivity contribution >= 4 is 11.7 Å². The number of hydrogen-bond donors (Lipinski definition) is 1. The van der Waals surface area contributed by atoms with Gasteiger partial charge in [0.05, 0.1) is 31.1 Å². The Morgan fingerprint density at radius 2 is 2.22 bits per heavy atom. The number of pyridine rings is 1. The van der Waals surface area contributed by atoms with Crippen molar-refractivity contribution < 1.29 is 9.53 Å². The van der Waals surface area contributed by atoms with Gasteiger partial charge in [0.2, 0.25) is 0 Å². The van der Waals surface area contributed by atoms with E-state index in [1.54, 1.807) is 6.20 Å². The van der Waals surface area contributed by atoms with E-state index in [2.05, 4.69) is 16.4 Å². The molecule has 1 atom stereocenters. The van der Waals surface area contributed by atoms with Crippen LogP contribution in [0.2, 0.25) is 0 Å². The quantitative estimate of drug-likeness (QED) is 0.933. The van der Waals surface area contributed by atoms with Crippen LogP contribution in [-0.4, -0.2) is 41.7 Å². The summed E-state index contributed by atoms with van der Waals surface area (Å²) in [5, 5.41) is 3.05. The summed E-state index contributed by atoms with van der Waals surface area (Å²) >= 11 is 0. The molecule has 1 saturated heterocycles. The number of anilines is 1. The van der Waals surface area contributed by atoms with E-state index in [4.69, 9.17) is 4.74 Å². The van der Waals surface area contributed by atoms with E-state index in [9.17, 15) is 4.79 Å². The molecule has 2 amide bonds. The first kappa shape index (κ1) is 14.9. The highest BCUT2D eigenvalue weighted by molar-refractivity contribution is 5.89. The SMILES string of the molecule is O=C(Nc1cnc2c(c1)CCCC2)N1CCOCC1CC1CC1. The van der Waals surface area contributed by atoms with Gasteiger partial charge in [0.25, 0.3) is 0 Å². The lowest BCUT2D eigenvalue weighted by Crippen LogP contribution is -2.50. The fourth-order valence-electron chi connectivity index (χ4n) is 3.71. The lowest BCUT2D eigenvalue weighted by molar-refractivity contribution is 0.0108. The first-order chi connectivity index (χ1) is 11.3. The molecule has 1 aliphatic heterocycles. The number of nitrogens with zero attached hydrogens (tertiary/aromatic N) is 2. The number of carbonyl (C=O) groups is 1. The second-order valence-corrected chi connectivity index (χ2v) is 7.07. The van der Waals surface area contributed by atoms with Crippen LogP contribution in [0.3, 0.4) is 0 Å². The summed E-state index contributed by atoms with van der Waals surface area (Å²) in [5.41, 5.74) is 3.32. The van der Waals surface area contributed by atoms with Crippen LogP contribution in [0.5, 0.6) is 0 Å². The fourth-order valence-corrected chi connectivity index (χ4v) is 3.71. The lowest BCUT2D eigenvalue weighted by atomic mass is 9.96. The second-order valence-electron chi connectivity index (χ2n) is 7.07. The number of carbonyl (C=O) groups excluding carboxylic acids is 1. The summed E-state index contributed by atoms with van der Waals surface area (Å²) in [7, 11) is 0. The Morgan fingerprint density at radius 3 is 3.09 bits per heavy atom. The molecule has 1 unspecified atom stereocenters. The van der Waals surface area contributed by atoms with E-state index in [1.807, 2.05) is 4.90 Å². The molecule has 3 aliphatic rings. The summed E-state index contributed by atoms with van der Waals surface area (Å²) in [6, 6.07) is 2.33. The molecule has 1 aromatic heterocycles. The summed E-state index contributed by atoms with van der Waals surface area (Å²) in [6.45, 7) is 1.99. The number of morpholine rings is 1. The number of ether oxygens (including phenoxy) is 1. The maximum atomic E-state index is 12.7. The monoisotopic (exact) mass is 315 g/mol. The van der Waals surface area contributed by atoms with E-state index >= 15 is 0 Å². The van der Waals surface area contributed by atoms with Gasteiger partial charge in [-0.05, 0) is 49.7 Å². The number of amides is 2. The van der Waals surface area contributed by atoms with Gasteiger partial charge in [-0.2, -0.15) is 0 Å². The van der Waals surface area contributed by atoms with Gasteiger partial charge in [0.1, 0.15) is 0 Å². The Bertz CT molecular complexity index is 586. The number of hydrogen-bond acceptors (Lipinski definition) is 3. The number of rotatable bonds is 3. The summed E-state index contributed by atoms with van der Waals surface area (Å²) in [4.78, 5) is 19.2. The maximum Gasteiger partial charge on any atom is 0.322 e. The van der Waals surface area contributed by atoms with Gasteiger partial charge in [-0.3, -0.25) is 4.98 Å². The predicted octanol–water partition coefficient (Wildman–Crippen LogP) is 2.99. The minimum Gasteiger partial charge on any atom is -0.377 e. The van der Waals surface area contributed by atoms with Crippen molar-refractivity contribution in [3.63, 3.8) is 0 Å². The zero-order chi connectivity index (χ0) is 15.6.